The van der Waals surface area contributed by atoms with Crippen LogP contribution in [0.25, 0.3) is 10.8 Å². The number of pyridine rings is 1. The van der Waals surface area contributed by atoms with Crippen molar-refractivity contribution >= 4 is 28.4 Å². The van der Waals surface area contributed by atoms with Gasteiger partial charge in [-0.05, 0) is 36.6 Å². The first kappa shape index (κ1) is 14.5. The highest BCUT2D eigenvalue weighted by molar-refractivity contribution is 8.00. The van der Waals surface area contributed by atoms with Crippen LogP contribution in [0.4, 0.5) is 5.82 Å². The molecule has 21 heavy (non-hydrogen) atoms. The number of fused-ring (bicyclic) bond motifs is 1. The van der Waals surface area contributed by atoms with Crippen LogP contribution >= 0.6 is 11.8 Å². The van der Waals surface area contributed by atoms with E-state index in [2.05, 4.69) is 16.6 Å². The number of anilines is 1. The summed E-state index contributed by atoms with van der Waals surface area (Å²) in [5.41, 5.74) is -0.0163. The molecule has 112 valence electrons. The summed E-state index contributed by atoms with van der Waals surface area (Å²) in [6.45, 7) is 0.919. The Hall–Kier alpha value is -1.42. The molecule has 2 aromatic rings. The van der Waals surface area contributed by atoms with Gasteiger partial charge in [0.25, 0.3) is 5.56 Å². The summed E-state index contributed by atoms with van der Waals surface area (Å²) in [7, 11) is 0. The minimum atomic E-state index is -0.0163. The van der Waals surface area contributed by atoms with Gasteiger partial charge in [-0.15, -0.1) is 0 Å². The Kier molecular flexibility index (Phi) is 4.24. The van der Waals surface area contributed by atoms with E-state index in [1.54, 1.807) is 0 Å². The normalized spacial score (nSPS) is 17.8. The summed E-state index contributed by atoms with van der Waals surface area (Å²) in [4.78, 5) is 15.1. The van der Waals surface area contributed by atoms with Gasteiger partial charge in [0.2, 0.25) is 0 Å². The molecule has 1 aliphatic rings. The van der Waals surface area contributed by atoms with Crippen LogP contribution in [0.2, 0.25) is 0 Å². The molecule has 1 fully saturated rings. The second kappa shape index (κ2) is 6.14. The number of rotatable bonds is 4. The van der Waals surface area contributed by atoms with Crippen LogP contribution in [0.3, 0.4) is 0 Å². The third-order valence-electron chi connectivity index (χ3n) is 4.55. The Morgan fingerprint density at radius 3 is 2.76 bits per heavy atom. The van der Waals surface area contributed by atoms with E-state index in [4.69, 9.17) is 0 Å². The average molecular weight is 302 g/mol. The zero-order chi connectivity index (χ0) is 14.7. The number of hydrogen-bond donors (Lipinski definition) is 2. The highest BCUT2D eigenvalue weighted by Crippen LogP contribution is 2.38. The number of aromatic amines is 1. The number of nitrogens with one attached hydrogen (secondary N) is 2. The van der Waals surface area contributed by atoms with Crippen molar-refractivity contribution in [2.75, 3.05) is 18.1 Å². The molecule has 1 aromatic carbocycles. The first-order valence-electron chi connectivity index (χ1n) is 7.64. The van der Waals surface area contributed by atoms with Crippen LogP contribution in [0, 0.1) is 0 Å². The molecule has 2 N–H and O–H groups in total. The van der Waals surface area contributed by atoms with Gasteiger partial charge in [-0.3, -0.25) is 4.79 Å². The van der Waals surface area contributed by atoms with E-state index in [0.717, 1.165) is 23.1 Å². The lowest BCUT2D eigenvalue weighted by atomic mass is 9.88. The second-order valence-corrected chi connectivity index (χ2v) is 7.18. The maximum absolute atomic E-state index is 12.1. The minimum Gasteiger partial charge on any atom is -0.370 e. The Balaban J connectivity index is 1.80. The number of hydrogen-bond acceptors (Lipinski definition) is 3. The third kappa shape index (κ3) is 3.10. The molecule has 0 saturated heterocycles. The van der Waals surface area contributed by atoms with Crippen LogP contribution in [0.1, 0.15) is 32.1 Å². The van der Waals surface area contributed by atoms with E-state index in [-0.39, 0.29) is 5.56 Å². The van der Waals surface area contributed by atoms with Crippen molar-refractivity contribution in [3.8, 4) is 0 Å². The van der Waals surface area contributed by atoms with E-state index >= 15 is 0 Å². The van der Waals surface area contributed by atoms with Gasteiger partial charge in [-0.25, -0.2) is 0 Å². The standard InChI is InChI=1S/C17H22N2OS/c1-21-17(9-5-2-6-10-17)12-18-15-11-13-7-3-4-8-14(13)16(20)19-15/h3-4,7-8,11H,2,5-6,9-10,12H2,1H3,(H2,18,19,20). The van der Waals surface area contributed by atoms with Crippen LogP contribution in [-0.4, -0.2) is 22.5 Å². The predicted octanol–water partition coefficient (Wildman–Crippen LogP) is 4.01. The molecule has 0 aliphatic heterocycles. The Morgan fingerprint density at radius 1 is 1.24 bits per heavy atom. The molecule has 3 rings (SSSR count). The molecule has 1 heterocycles. The van der Waals surface area contributed by atoms with Gasteiger partial charge in [0.05, 0.1) is 0 Å². The van der Waals surface area contributed by atoms with E-state index in [9.17, 15) is 4.79 Å². The lowest BCUT2D eigenvalue weighted by molar-refractivity contribution is 0.411. The highest BCUT2D eigenvalue weighted by atomic mass is 32.2. The van der Waals surface area contributed by atoms with Gasteiger partial charge in [-0.1, -0.05) is 37.5 Å². The first-order valence-corrected chi connectivity index (χ1v) is 8.86. The number of thioether (sulfide) groups is 1. The number of aromatic nitrogens is 1. The maximum Gasteiger partial charge on any atom is 0.257 e. The molecule has 1 saturated carbocycles. The van der Waals surface area contributed by atoms with Crippen molar-refractivity contribution in [3.63, 3.8) is 0 Å². The Morgan fingerprint density at radius 2 is 2.00 bits per heavy atom. The number of benzene rings is 1. The molecule has 0 amide bonds. The van der Waals surface area contributed by atoms with Crippen LogP contribution in [-0.2, 0) is 0 Å². The Labute approximate surface area is 129 Å². The van der Waals surface area contributed by atoms with E-state index in [0.29, 0.717) is 4.75 Å². The summed E-state index contributed by atoms with van der Waals surface area (Å²) in [5, 5.41) is 5.20. The zero-order valence-electron chi connectivity index (χ0n) is 12.4. The topological polar surface area (TPSA) is 44.9 Å². The van der Waals surface area contributed by atoms with Gasteiger partial charge in [0, 0.05) is 16.7 Å². The molecule has 0 radical (unpaired) electrons. The summed E-state index contributed by atoms with van der Waals surface area (Å²) < 4.78 is 0.320. The second-order valence-electron chi connectivity index (χ2n) is 5.90. The van der Waals surface area contributed by atoms with Gasteiger partial charge in [0.1, 0.15) is 5.82 Å². The average Bonchev–Trinajstić information content (AvgIpc) is 2.54. The molecule has 4 heteroatoms. The molecule has 1 aromatic heterocycles. The molecule has 0 unspecified atom stereocenters. The van der Waals surface area contributed by atoms with E-state index in [1.165, 1.54) is 32.1 Å². The van der Waals surface area contributed by atoms with Gasteiger partial charge < -0.3 is 10.3 Å². The molecule has 0 atom stereocenters. The molecular weight excluding hydrogens is 280 g/mol. The summed E-state index contributed by atoms with van der Waals surface area (Å²) in [6.07, 6.45) is 8.72. The van der Waals surface area contributed by atoms with Gasteiger partial charge in [-0.2, -0.15) is 11.8 Å². The van der Waals surface area contributed by atoms with Gasteiger partial charge in [0.15, 0.2) is 0 Å². The number of H-pyrrole nitrogens is 1. The maximum atomic E-state index is 12.1. The fraction of sp³-hybridized carbons (Fsp3) is 0.471. The largest absolute Gasteiger partial charge is 0.370 e. The summed E-state index contributed by atoms with van der Waals surface area (Å²) in [6, 6.07) is 9.75. The minimum absolute atomic E-state index is 0.0163. The van der Waals surface area contributed by atoms with Crippen molar-refractivity contribution in [2.24, 2.45) is 0 Å². The van der Waals surface area contributed by atoms with Crippen molar-refractivity contribution in [1.82, 2.24) is 4.98 Å². The van der Waals surface area contributed by atoms with Crippen LogP contribution in [0.15, 0.2) is 35.1 Å². The zero-order valence-corrected chi connectivity index (χ0v) is 13.3. The third-order valence-corrected chi connectivity index (χ3v) is 5.97. The molecule has 0 bridgehead atoms. The van der Waals surface area contributed by atoms with E-state index < -0.39 is 0 Å². The lowest BCUT2D eigenvalue weighted by Crippen LogP contribution is -2.36. The first-order chi connectivity index (χ1) is 10.2. The molecule has 0 spiro atoms. The quantitative estimate of drug-likeness (QED) is 0.897. The van der Waals surface area contributed by atoms with Crippen LogP contribution < -0.4 is 10.9 Å². The molecule has 3 nitrogen and oxygen atoms in total. The fourth-order valence-electron chi connectivity index (χ4n) is 3.21. The van der Waals surface area contributed by atoms with Crippen molar-refractivity contribution < 1.29 is 0 Å². The SMILES string of the molecule is CSC1(CNc2cc3ccccc3c(=O)[nH]2)CCCCC1. The highest BCUT2D eigenvalue weighted by Gasteiger charge is 2.30. The molecular formula is C17H22N2OS. The van der Waals surface area contributed by atoms with E-state index in [1.807, 2.05) is 42.1 Å². The smallest absolute Gasteiger partial charge is 0.257 e. The Bertz CT molecular complexity index is 674. The predicted molar refractivity (Wildman–Crippen MR) is 92.4 cm³/mol. The summed E-state index contributed by atoms with van der Waals surface area (Å²) >= 11 is 1.97. The fourth-order valence-corrected chi connectivity index (χ4v) is 4.13. The van der Waals surface area contributed by atoms with Crippen molar-refractivity contribution in [3.05, 3.63) is 40.7 Å². The monoisotopic (exact) mass is 302 g/mol. The van der Waals surface area contributed by atoms with Crippen molar-refractivity contribution in [1.29, 1.82) is 0 Å². The lowest BCUT2D eigenvalue weighted by Gasteiger charge is -2.36. The molecule has 1 aliphatic carbocycles. The van der Waals surface area contributed by atoms with Crippen LogP contribution in [0.5, 0.6) is 0 Å². The summed E-state index contributed by atoms with van der Waals surface area (Å²) in [5.74, 6) is 0.831. The van der Waals surface area contributed by atoms with Crippen molar-refractivity contribution in [2.45, 2.75) is 36.9 Å². The van der Waals surface area contributed by atoms with Gasteiger partial charge >= 0.3 is 0 Å².